The first-order chi connectivity index (χ1) is 14.7. The number of hydrogen-bond donors (Lipinski definition) is 1. The second-order valence-electron chi connectivity index (χ2n) is 7.76. The van der Waals surface area contributed by atoms with E-state index < -0.39 is 15.9 Å². The Morgan fingerprint density at radius 3 is 2.42 bits per heavy atom. The molecular weight excluding hydrogens is 438 g/mol. The maximum absolute atomic E-state index is 12.9. The quantitative estimate of drug-likeness (QED) is 0.712. The molecule has 7 nitrogen and oxygen atoms in total. The van der Waals surface area contributed by atoms with Crippen LogP contribution in [-0.2, 0) is 19.6 Å². The maximum atomic E-state index is 12.9. The fraction of sp³-hybridized carbons (Fsp3) is 0.364. The Balaban J connectivity index is 1.61. The minimum atomic E-state index is -3.71. The summed E-state index contributed by atoms with van der Waals surface area (Å²) in [6.07, 6.45) is 1.15. The first kappa shape index (κ1) is 23.2. The first-order valence-electron chi connectivity index (χ1n) is 10.0. The van der Waals surface area contributed by atoms with Crippen molar-refractivity contribution >= 4 is 39.1 Å². The van der Waals surface area contributed by atoms with Gasteiger partial charge in [-0.05, 0) is 56.2 Å². The molecule has 0 radical (unpaired) electrons. The molecule has 0 aliphatic carbocycles. The van der Waals surface area contributed by atoms with Crippen LogP contribution in [0.1, 0.15) is 18.4 Å². The fourth-order valence-electron chi connectivity index (χ4n) is 3.56. The van der Waals surface area contributed by atoms with Gasteiger partial charge in [0.05, 0.1) is 17.4 Å². The van der Waals surface area contributed by atoms with Crippen LogP contribution < -0.4 is 5.32 Å². The van der Waals surface area contributed by atoms with Crippen molar-refractivity contribution in [1.29, 1.82) is 0 Å². The van der Waals surface area contributed by atoms with Gasteiger partial charge in [0.15, 0.2) is 0 Å². The molecule has 1 unspecified atom stereocenters. The molecule has 1 aliphatic rings. The van der Waals surface area contributed by atoms with E-state index >= 15 is 0 Å². The van der Waals surface area contributed by atoms with Crippen LogP contribution in [0.3, 0.4) is 0 Å². The summed E-state index contributed by atoms with van der Waals surface area (Å²) in [6.45, 7) is 2.30. The summed E-state index contributed by atoms with van der Waals surface area (Å²) < 4.78 is 27.2. The van der Waals surface area contributed by atoms with E-state index in [4.69, 9.17) is 11.6 Å². The molecule has 2 amide bonds. The van der Waals surface area contributed by atoms with E-state index in [2.05, 4.69) is 5.32 Å². The number of anilines is 1. The Morgan fingerprint density at radius 1 is 1.13 bits per heavy atom. The highest BCUT2D eigenvalue weighted by molar-refractivity contribution is 7.89. The third-order valence-electron chi connectivity index (χ3n) is 5.28. The highest BCUT2D eigenvalue weighted by atomic mass is 35.5. The van der Waals surface area contributed by atoms with Crippen LogP contribution in [0.25, 0.3) is 0 Å². The Labute approximate surface area is 188 Å². The van der Waals surface area contributed by atoms with E-state index in [9.17, 15) is 18.0 Å². The number of halogens is 1. The number of benzene rings is 2. The van der Waals surface area contributed by atoms with Crippen molar-refractivity contribution in [3.63, 3.8) is 0 Å². The molecule has 0 aromatic heterocycles. The molecule has 0 spiro atoms. The number of piperidine rings is 1. The van der Waals surface area contributed by atoms with Crippen LogP contribution in [-0.4, -0.2) is 56.1 Å². The molecule has 1 saturated heterocycles. The van der Waals surface area contributed by atoms with Gasteiger partial charge in [0.1, 0.15) is 0 Å². The fourth-order valence-corrected chi connectivity index (χ4v) is 5.21. The number of aryl methyl sites for hydroxylation is 1. The number of sulfonamides is 1. The topological polar surface area (TPSA) is 86.8 Å². The van der Waals surface area contributed by atoms with Gasteiger partial charge in [-0.3, -0.25) is 9.59 Å². The minimum absolute atomic E-state index is 0.0910. The first-order valence-corrected chi connectivity index (χ1v) is 11.9. The van der Waals surface area contributed by atoms with Gasteiger partial charge in [0, 0.05) is 30.8 Å². The molecule has 1 fully saturated rings. The predicted molar refractivity (Wildman–Crippen MR) is 120 cm³/mol. The molecule has 2 aromatic carbocycles. The van der Waals surface area contributed by atoms with Gasteiger partial charge < -0.3 is 10.2 Å². The summed E-state index contributed by atoms with van der Waals surface area (Å²) >= 11 is 5.86. The number of likely N-dealkylation sites (N-methyl/N-ethyl adjacent to an activating group) is 1. The van der Waals surface area contributed by atoms with Crippen LogP contribution >= 0.6 is 11.6 Å². The molecule has 166 valence electrons. The second kappa shape index (κ2) is 9.80. The Hall–Kier alpha value is -2.42. The number of carbonyl (C=O) groups is 2. The van der Waals surface area contributed by atoms with Gasteiger partial charge in [0.25, 0.3) is 0 Å². The van der Waals surface area contributed by atoms with E-state index in [1.54, 1.807) is 19.2 Å². The molecule has 1 heterocycles. The number of amides is 2. The Morgan fingerprint density at radius 2 is 1.77 bits per heavy atom. The number of nitrogens with zero attached hydrogens (tertiary/aromatic N) is 2. The molecular formula is C22H26ClN3O4S. The molecule has 1 atom stereocenters. The zero-order valence-electron chi connectivity index (χ0n) is 17.5. The number of rotatable bonds is 6. The van der Waals surface area contributed by atoms with Crippen molar-refractivity contribution in [3.8, 4) is 0 Å². The minimum Gasteiger partial charge on any atom is -0.336 e. The average Bonchev–Trinajstić information content (AvgIpc) is 2.75. The normalized spacial score (nSPS) is 17.2. The van der Waals surface area contributed by atoms with Crippen molar-refractivity contribution in [2.45, 2.75) is 24.7 Å². The smallest absolute Gasteiger partial charge is 0.243 e. The third kappa shape index (κ3) is 5.84. The Bertz CT molecular complexity index is 1040. The lowest BCUT2D eigenvalue weighted by Gasteiger charge is -2.33. The van der Waals surface area contributed by atoms with Crippen molar-refractivity contribution in [1.82, 2.24) is 9.21 Å². The monoisotopic (exact) mass is 463 g/mol. The van der Waals surface area contributed by atoms with Crippen molar-refractivity contribution in [2.24, 2.45) is 5.92 Å². The second-order valence-corrected chi connectivity index (χ2v) is 10.1. The standard InChI is InChI=1S/C22H26ClN3O4S/c1-16-5-9-19(10-6-16)24-21(27)15-25(2)22(28)17-4-3-13-26(14-17)31(29,30)20-11-7-18(23)8-12-20/h5-12,17H,3-4,13-15H2,1-2H3,(H,24,27). The number of nitrogens with one attached hydrogen (secondary N) is 1. The average molecular weight is 464 g/mol. The molecule has 2 aromatic rings. The molecule has 3 rings (SSSR count). The van der Waals surface area contributed by atoms with Crippen LogP contribution in [0.15, 0.2) is 53.4 Å². The van der Waals surface area contributed by atoms with E-state index in [1.165, 1.54) is 33.5 Å². The molecule has 0 saturated carbocycles. The maximum Gasteiger partial charge on any atom is 0.243 e. The lowest BCUT2D eigenvalue weighted by molar-refractivity contribution is -0.138. The molecule has 1 aliphatic heterocycles. The predicted octanol–water partition coefficient (Wildman–Crippen LogP) is 3.15. The largest absolute Gasteiger partial charge is 0.336 e. The molecule has 31 heavy (non-hydrogen) atoms. The number of hydrogen-bond acceptors (Lipinski definition) is 4. The van der Waals surface area contributed by atoms with E-state index in [-0.39, 0.29) is 29.8 Å². The number of carbonyl (C=O) groups excluding carboxylic acids is 2. The van der Waals surface area contributed by atoms with Gasteiger partial charge in [-0.2, -0.15) is 4.31 Å². The highest BCUT2D eigenvalue weighted by Gasteiger charge is 2.34. The summed E-state index contributed by atoms with van der Waals surface area (Å²) in [4.78, 5) is 26.7. The summed E-state index contributed by atoms with van der Waals surface area (Å²) in [5, 5.41) is 3.22. The van der Waals surface area contributed by atoms with E-state index in [0.717, 1.165) is 5.56 Å². The Kier molecular flexibility index (Phi) is 7.35. The zero-order chi connectivity index (χ0) is 22.6. The lowest BCUT2D eigenvalue weighted by atomic mass is 9.98. The molecule has 1 N–H and O–H groups in total. The summed E-state index contributed by atoms with van der Waals surface area (Å²) in [5.74, 6) is -1.04. The van der Waals surface area contributed by atoms with Crippen LogP contribution in [0.4, 0.5) is 5.69 Å². The zero-order valence-corrected chi connectivity index (χ0v) is 19.1. The third-order valence-corrected chi connectivity index (χ3v) is 7.41. The van der Waals surface area contributed by atoms with Crippen molar-refractivity contribution < 1.29 is 18.0 Å². The van der Waals surface area contributed by atoms with Crippen LogP contribution in [0.5, 0.6) is 0 Å². The van der Waals surface area contributed by atoms with E-state index in [1.807, 2.05) is 19.1 Å². The van der Waals surface area contributed by atoms with Crippen LogP contribution in [0, 0.1) is 12.8 Å². The summed E-state index contributed by atoms with van der Waals surface area (Å²) in [7, 11) is -2.15. The van der Waals surface area contributed by atoms with Gasteiger partial charge in [-0.25, -0.2) is 8.42 Å². The summed E-state index contributed by atoms with van der Waals surface area (Å²) in [5.41, 5.74) is 1.75. The van der Waals surface area contributed by atoms with Gasteiger partial charge in [-0.15, -0.1) is 0 Å². The van der Waals surface area contributed by atoms with Gasteiger partial charge >= 0.3 is 0 Å². The highest BCUT2D eigenvalue weighted by Crippen LogP contribution is 2.25. The summed E-state index contributed by atoms with van der Waals surface area (Å²) in [6, 6.07) is 13.4. The van der Waals surface area contributed by atoms with Gasteiger partial charge in [-0.1, -0.05) is 29.3 Å². The van der Waals surface area contributed by atoms with Crippen LogP contribution in [0.2, 0.25) is 5.02 Å². The SMILES string of the molecule is Cc1ccc(NC(=O)CN(C)C(=O)C2CCCN(S(=O)(=O)c3ccc(Cl)cc3)C2)cc1. The molecule has 0 bridgehead atoms. The van der Waals surface area contributed by atoms with Crippen molar-refractivity contribution in [2.75, 3.05) is 32.0 Å². The van der Waals surface area contributed by atoms with Gasteiger partial charge in [0.2, 0.25) is 21.8 Å². The lowest BCUT2D eigenvalue weighted by Crippen LogP contribution is -2.47. The van der Waals surface area contributed by atoms with Crippen molar-refractivity contribution in [3.05, 3.63) is 59.1 Å². The van der Waals surface area contributed by atoms with E-state index in [0.29, 0.717) is 30.1 Å². The molecule has 9 heteroatoms.